The van der Waals surface area contributed by atoms with Crippen LogP contribution in [0.1, 0.15) is 73.9 Å². The van der Waals surface area contributed by atoms with Crippen molar-refractivity contribution in [3.8, 4) is 33.8 Å². The van der Waals surface area contributed by atoms with Crippen molar-refractivity contribution < 1.29 is 9.47 Å². The van der Waals surface area contributed by atoms with Crippen molar-refractivity contribution in [3.05, 3.63) is 94.0 Å². The van der Waals surface area contributed by atoms with E-state index in [1.807, 2.05) is 0 Å². The molecule has 0 amide bonds. The van der Waals surface area contributed by atoms with Crippen LogP contribution in [0.4, 0.5) is 0 Å². The van der Waals surface area contributed by atoms with E-state index in [2.05, 4.69) is 118 Å². The van der Waals surface area contributed by atoms with E-state index in [1.54, 1.807) is 0 Å². The number of ether oxygens (including phenoxy) is 2. The smallest absolute Gasteiger partial charge is 0.161 e. The Morgan fingerprint density at radius 3 is 1.66 bits per heavy atom. The van der Waals surface area contributed by atoms with Gasteiger partial charge in [0.25, 0.3) is 0 Å². The van der Waals surface area contributed by atoms with E-state index in [1.165, 1.54) is 66.6 Å². The molecule has 41 heavy (non-hydrogen) atoms. The fourth-order valence-corrected chi connectivity index (χ4v) is 6.89. The first-order chi connectivity index (χ1) is 19.7. The van der Waals surface area contributed by atoms with Gasteiger partial charge in [-0.05, 0) is 93.5 Å². The lowest BCUT2D eigenvalue weighted by Crippen LogP contribution is -2.29. The molecule has 0 aliphatic heterocycles. The van der Waals surface area contributed by atoms with Crippen LogP contribution < -0.4 is 20.4 Å². The minimum absolute atomic E-state index is 0.396. The van der Waals surface area contributed by atoms with Crippen LogP contribution >= 0.6 is 0 Å². The molecule has 0 N–H and O–H groups in total. The van der Waals surface area contributed by atoms with Crippen molar-refractivity contribution in [2.45, 2.75) is 59.8 Å². The largest absolute Gasteiger partial charge is 0.489 e. The summed E-state index contributed by atoms with van der Waals surface area (Å²) in [6, 6.07) is 23.3. The average molecular weight is 540 g/mol. The van der Waals surface area contributed by atoms with Gasteiger partial charge < -0.3 is 9.47 Å². The first-order valence-electron chi connectivity index (χ1n) is 15.5. The Morgan fingerprint density at radius 2 is 1.12 bits per heavy atom. The normalized spacial score (nSPS) is 15.2. The van der Waals surface area contributed by atoms with Crippen molar-refractivity contribution in [1.29, 1.82) is 0 Å². The molecule has 0 heterocycles. The van der Waals surface area contributed by atoms with Gasteiger partial charge in [0, 0.05) is 0 Å². The minimum atomic E-state index is -0.396. The Balaban J connectivity index is 1.70. The standard InChI is InChI=1S/C37H42B2O2/c1-7-21(3)19-40-33-17-29-32(18-34(33)41-20-22(4)8-2)37(36-24(6)10-9-23(5)35(29)36)30-15-25(38)11-13-27(30)28-14-12-26(39)16-31(28)37/h9-18,21-22H,7-8,19-20,38-39H2,1-6H3. The van der Waals surface area contributed by atoms with Crippen molar-refractivity contribution >= 4 is 26.6 Å². The first-order valence-corrected chi connectivity index (χ1v) is 15.5. The maximum absolute atomic E-state index is 6.64. The zero-order valence-corrected chi connectivity index (χ0v) is 26.1. The van der Waals surface area contributed by atoms with Crippen LogP contribution in [0.3, 0.4) is 0 Å². The molecule has 0 saturated carbocycles. The van der Waals surface area contributed by atoms with E-state index < -0.39 is 5.41 Å². The molecule has 1 spiro atoms. The molecule has 2 unspecified atom stereocenters. The van der Waals surface area contributed by atoms with E-state index in [0.717, 1.165) is 24.3 Å². The third kappa shape index (κ3) is 4.25. The monoisotopic (exact) mass is 540 g/mol. The highest BCUT2D eigenvalue weighted by Gasteiger charge is 2.53. The topological polar surface area (TPSA) is 18.5 Å². The molecule has 208 valence electrons. The van der Waals surface area contributed by atoms with Gasteiger partial charge in [-0.3, -0.25) is 0 Å². The predicted molar refractivity (Wildman–Crippen MR) is 178 cm³/mol. The number of hydrogen-bond acceptors (Lipinski definition) is 2. The molecule has 2 aliphatic carbocycles. The van der Waals surface area contributed by atoms with Crippen LogP contribution in [-0.4, -0.2) is 28.9 Å². The third-order valence-electron chi connectivity index (χ3n) is 9.64. The molecule has 6 rings (SSSR count). The van der Waals surface area contributed by atoms with Crippen LogP contribution in [0, 0.1) is 25.7 Å². The van der Waals surface area contributed by atoms with Gasteiger partial charge in [-0.15, -0.1) is 0 Å². The van der Waals surface area contributed by atoms with Gasteiger partial charge in [-0.1, -0.05) is 100.0 Å². The maximum atomic E-state index is 6.64. The lowest BCUT2D eigenvalue weighted by atomic mass is 9.68. The molecular weight excluding hydrogens is 498 g/mol. The van der Waals surface area contributed by atoms with Gasteiger partial charge in [0.2, 0.25) is 0 Å². The lowest BCUT2D eigenvalue weighted by molar-refractivity contribution is 0.217. The van der Waals surface area contributed by atoms with Crippen LogP contribution in [0.2, 0.25) is 0 Å². The summed E-state index contributed by atoms with van der Waals surface area (Å²) in [6.07, 6.45) is 2.17. The summed E-state index contributed by atoms with van der Waals surface area (Å²) in [5.74, 6) is 2.68. The lowest BCUT2D eigenvalue weighted by Gasteiger charge is -2.32. The fourth-order valence-electron chi connectivity index (χ4n) is 6.89. The molecule has 4 aromatic rings. The summed E-state index contributed by atoms with van der Waals surface area (Å²) < 4.78 is 13.2. The van der Waals surface area contributed by atoms with E-state index in [-0.39, 0.29) is 0 Å². The summed E-state index contributed by atoms with van der Waals surface area (Å²) >= 11 is 0. The predicted octanol–water partition coefficient (Wildman–Crippen LogP) is 6.01. The highest BCUT2D eigenvalue weighted by atomic mass is 16.5. The SMILES string of the molecule is Bc1ccc2c(c1)C1(c3cc(B)ccc3-2)c2cc(OCC(C)CC)c(OCC(C)CC)cc2-c2c(C)ccc(C)c21. The van der Waals surface area contributed by atoms with Crippen molar-refractivity contribution in [3.63, 3.8) is 0 Å². The summed E-state index contributed by atoms with van der Waals surface area (Å²) in [7, 11) is 4.43. The maximum Gasteiger partial charge on any atom is 0.161 e. The molecule has 2 nitrogen and oxygen atoms in total. The van der Waals surface area contributed by atoms with E-state index in [4.69, 9.17) is 9.47 Å². The summed E-state index contributed by atoms with van der Waals surface area (Å²) in [5, 5.41) is 0. The molecule has 0 radical (unpaired) electrons. The number of benzene rings is 4. The van der Waals surface area contributed by atoms with Crippen molar-refractivity contribution in [2.75, 3.05) is 13.2 Å². The van der Waals surface area contributed by atoms with Gasteiger partial charge in [0.05, 0.1) is 18.6 Å². The molecule has 0 aromatic heterocycles. The molecule has 2 aliphatic rings. The van der Waals surface area contributed by atoms with Crippen molar-refractivity contribution in [1.82, 2.24) is 0 Å². The number of fused-ring (bicyclic) bond motifs is 10. The Kier molecular flexibility index (Phi) is 7.09. The van der Waals surface area contributed by atoms with Gasteiger partial charge in [0.1, 0.15) is 15.7 Å². The van der Waals surface area contributed by atoms with Gasteiger partial charge in [0.15, 0.2) is 11.5 Å². The second kappa shape index (κ2) is 10.5. The van der Waals surface area contributed by atoms with Crippen LogP contribution in [0.15, 0.2) is 60.7 Å². The number of hydrogen-bond donors (Lipinski definition) is 0. The molecular formula is C37H42B2O2. The molecule has 4 heteroatoms. The van der Waals surface area contributed by atoms with Crippen molar-refractivity contribution in [2.24, 2.45) is 11.8 Å². The second-order valence-electron chi connectivity index (χ2n) is 12.8. The average Bonchev–Trinajstić information content (AvgIpc) is 3.42. The summed E-state index contributed by atoms with van der Waals surface area (Å²) in [5.41, 5.74) is 15.6. The van der Waals surface area contributed by atoms with E-state index in [0.29, 0.717) is 25.0 Å². The first kappa shape index (κ1) is 27.8. The minimum Gasteiger partial charge on any atom is -0.489 e. The molecule has 4 aromatic carbocycles. The van der Waals surface area contributed by atoms with E-state index >= 15 is 0 Å². The Bertz CT molecular complexity index is 1600. The van der Waals surface area contributed by atoms with Gasteiger partial charge in [-0.25, -0.2) is 0 Å². The zero-order valence-electron chi connectivity index (χ0n) is 26.1. The molecule has 2 atom stereocenters. The Morgan fingerprint density at radius 1 is 0.634 bits per heavy atom. The highest BCUT2D eigenvalue weighted by molar-refractivity contribution is 6.33. The Hall–Kier alpha value is -3.39. The number of aryl methyl sites for hydroxylation is 2. The van der Waals surface area contributed by atoms with Gasteiger partial charge >= 0.3 is 0 Å². The molecule has 0 fully saturated rings. The third-order valence-corrected chi connectivity index (χ3v) is 9.64. The quantitative estimate of drug-likeness (QED) is 0.220. The van der Waals surface area contributed by atoms with Crippen LogP contribution in [0.25, 0.3) is 22.3 Å². The molecule has 0 saturated heterocycles. The van der Waals surface area contributed by atoms with Crippen LogP contribution in [-0.2, 0) is 5.41 Å². The summed E-state index contributed by atoms with van der Waals surface area (Å²) in [6.45, 7) is 14.9. The zero-order chi connectivity index (χ0) is 29.1. The molecule has 0 bridgehead atoms. The Labute approximate surface area is 248 Å². The van der Waals surface area contributed by atoms with Gasteiger partial charge in [-0.2, -0.15) is 0 Å². The number of rotatable bonds is 8. The van der Waals surface area contributed by atoms with E-state index in [9.17, 15) is 0 Å². The van der Waals surface area contributed by atoms with Crippen LogP contribution in [0.5, 0.6) is 11.5 Å². The second-order valence-corrected chi connectivity index (χ2v) is 12.8. The highest BCUT2D eigenvalue weighted by Crippen LogP contribution is 2.64. The fraction of sp³-hybridized carbons (Fsp3) is 0.351. The summed E-state index contributed by atoms with van der Waals surface area (Å²) in [4.78, 5) is 0.